The lowest BCUT2D eigenvalue weighted by Gasteiger charge is -2.20. The van der Waals surface area contributed by atoms with Crippen LogP contribution in [0.5, 0.6) is 5.75 Å². The van der Waals surface area contributed by atoms with Crippen LogP contribution in [0.2, 0.25) is 0 Å². The Labute approximate surface area is 164 Å². The number of hydrogen-bond acceptors (Lipinski definition) is 4. The van der Waals surface area contributed by atoms with Crippen molar-refractivity contribution < 1.29 is 13.9 Å². The molecule has 26 heavy (non-hydrogen) atoms. The van der Waals surface area contributed by atoms with Crippen molar-refractivity contribution in [2.45, 2.75) is 32.0 Å². The molecule has 0 spiro atoms. The van der Waals surface area contributed by atoms with Crippen molar-refractivity contribution in [1.29, 1.82) is 0 Å². The highest BCUT2D eigenvalue weighted by atomic mass is 79.9. The standard InChI is InChI=1S/C20H18BrNO3S/c21-15-1-5-17(6-2-15)24-12-18-7-8-19(25-18)20(23)22(16-3-4-16)11-14-9-10-26-13-14/h1-2,5-10,13,16H,3-4,11-12H2. The van der Waals surface area contributed by atoms with E-state index in [4.69, 9.17) is 9.15 Å². The van der Waals surface area contributed by atoms with E-state index in [0.29, 0.717) is 30.7 Å². The predicted octanol–water partition coefficient (Wildman–Crippen LogP) is 5.49. The summed E-state index contributed by atoms with van der Waals surface area (Å²) in [5.41, 5.74) is 1.17. The van der Waals surface area contributed by atoms with E-state index in [1.807, 2.05) is 40.6 Å². The van der Waals surface area contributed by atoms with Gasteiger partial charge >= 0.3 is 0 Å². The molecule has 4 nitrogen and oxygen atoms in total. The van der Waals surface area contributed by atoms with Crippen molar-refractivity contribution >= 4 is 33.2 Å². The van der Waals surface area contributed by atoms with Crippen molar-refractivity contribution in [3.05, 3.63) is 74.8 Å². The number of rotatable bonds is 7. The highest BCUT2D eigenvalue weighted by Crippen LogP contribution is 2.30. The molecule has 0 N–H and O–H groups in total. The van der Waals surface area contributed by atoms with Crippen LogP contribution in [0.15, 0.2) is 62.1 Å². The molecule has 0 saturated heterocycles. The summed E-state index contributed by atoms with van der Waals surface area (Å²) in [5, 5.41) is 4.12. The second-order valence-corrected chi connectivity index (χ2v) is 8.00. The van der Waals surface area contributed by atoms with Crippen molar-refractivity contribution in [3.63, 3.8) is 0 Å². The number of furan rings is 1. The number of carbonyl (C=O) groups is 1. The zero-order chi connectivity index (χ0) is 17.9. The summed E-state index contributed by atoms with van der Waals surface area (Å²) >= 11 is 5.05. The van der Waals surface area contributed by atoms with Gasteiger partial charge in [-0.1, -0.05) is 15.9 Å². The van der Waals surface area contributed by atoms with Crippen LogP contribution in [0.1, 0.15) is 34.7 Å². The zero-order valence-electron chi connectivity index (χ0n) is 14.1. The minimum absolute atomic E-state index is 0.0476. The molecule has 0 atom stereocenters. The molecule has 1 aliphatic rings. The first-order valence-corrected chi connectivity index (χ1v) is 10.2. The molecule has 6 heteroatoms. The van der Waals surface area contributed by atoms with Gasteiger partial charge in [-0.05, 0) is 71.6 Å². The number of hydrogen-bond donors (Lipinski definition) is 0. The lowest BCUT2D eigenvalue weighted by atomic mass is 10.3. The Balaban J connectivity index is 1.40. The third-order valence-corrected chi connectivity index (χ3v) is 5.51. The molecule has 2 aromatic heterocycles. The number of nitrogens with zero attached hydrogens (tertiary/aromatic N) is 1. The molecular formula is C20H18BrNO3S. The summed E-state index contributed by atoms with van der Waals surface area (Å²) in [6.07, 6.45) is 2.13. The summed E-state index contributed by atoms with van der Waals surface area (Å²) < 4.78 is 12.5. The summed E-state index contributed by atoms with van der Waals surface area (Å²) in [6.45, 7) is 0.932. The number of thiophene rings is 1. The van der Waals surface area contributed by atoms with E-state index in [2.05, 4.69) is 27.4 Å². The molecule has 1 saturated carbocycles. The minimum atomic E-state index is -0.0476. The van der Waals surface area contributed by atoms with Crippen LogP contribution in [0.3, 0.4) is 0 Å². The van der Waals surface area contributed by atoms with E-state index < -0.39 is 0 Å². The Hall–Kier alpha value is -2.05. The summed E-state index contributed by atoms with van der Waals surface area (Å²) in [4.78, 5) is 14.8. The normalized spacial score (nSPS) is 13.6. The first-order chi connectivity index (χ1) is 12.7. The molecule has 4 rings (SSSR count). The monoisotopic (exact) mass is 431 g/mol. The van der Waals surface area contributed by atoms with Gasteiger partial charge < -0.3 is 14.1 Å². The third-order valence-electron chi connectivity index (χ3n) is 4.25. The number of benzene rings is 1. The predicted molar refractivity (Wildman–Crippen MR) is 104 cm³/mol. The topological polar surface area (TPSA) is 42.7 Å². The molecule has 1 aliphatic carbocycles. The van der Waals surface area contributed by atoms with Crippen molar-refractivity contribution in [2.24, 2.45) is 0 Å². The van der Waals surface area contributed by atoms with Gasteiger partial charge in [0, 0.05) is 17.1 Å². The van der Waals surface area contributed by atoms with Crippen molar-refractivity contribution in [2.75, 3.05) is 0 Å². The van der Waals surface area contributed by atoms with Gasteiger partial charge in [-0.15, -0.1) is 0 Å². The van der Waals surface area contributed by atoms with Gasteiger partial charge in [0.25, 0.3) is 5.91 Å². The zero-order valence-corrected chi connectivity index (χ0v) is 16.5. The second-order valence-electron chi connectivity index (χ2n) is 6.30. The quantitative estimate of drug-likeness (QED) is 0.496. The summed E-state index contributed by atoms with van der Waals surface area (Å²) in [5.74, 6) is 1.73. The van der Waals surface area contributed by atoms with Crippen LogP contribution < -0.4 is 4.74 Å². The van der Waals surface area contributed by atoms with E-state index in [1.165, 1.54) is 5.56 Å². The van der Waals surface area contributed by atoms with Crippen LogP contribution in [-0.4, -0.2) is 16.8 Å². The first-order valence-electron chi connectivity index (χ1n) is 8.48. The number of carbonyl (C=O) groups excluding carboxylic acids is 1. The number of amides is 1. The summed E-state index contributed by atoms with van der Waals surface area (Å²) in [7, 11) is 0. The van der Waals surface area contributed by atoms with Gasteiger partial charge in [-0.3, -0.25) is 4.79 Å². The van der Waals surface area contributed by atoms with Crippen molar-refractivity contribution in [1.82, 2.24) is 4.90 Å². The number of ether oxygens (including phenoxy) is 1. The molecule has 1 fully saturated rings. The van der Waals surface area contributed by atoms with E-state index in [-0.39, 0.29) is 5.91 Å². The van der Waals surface area contributed by atoms with Gasteiger partial charge in [0.05, 0.1) is 0 Å². The Morgan fingerprint density at radius 2 is 2.00 bits per heavy atom. The van der Waals surface area contributed by atoms with E-state index in [9.17, 15) is 4.79 Å². The van der Waals surface area contributed by atoms with E-state index >= 15 is 0 Å². The molecular weight excluding hydrogens is 414 g/mol. The van der Waals surface area contributed by atoms with Gasteiger partial charge in [-0.2, -0.15) is 11.3 Å². The molecule has 1 aromatic carbocycles. The fourth-order valence-corrected chi connectivity index (χ4v) is 3.65. The fraction of sp³-hybridized carbons (Fsp3) is 0.250. The molecule has 134 valence electrons. The first kappa shape index (κ1) is 17.4. The maximum Gasteiger partial charge on any atom is 0.290 e. The maximum atomic E-state index is 12.9. The van der Waals surface area contributed by atoms with Gasteiger partial charge in [0.2, 0.25) is 0 Å². The molecule has 0 radical (unpaired) electrons. The Kier molecular flexibility index (Phi) is 5.13. The highest BCUT2D eigenvalue weighted by Gasteiger charge is 2.34. The third kappa shape index (κ3) is 4.19. The minimum Gasteiger partial charge on any atom is -0.486 e. The highest BCUT2D eigenvalue weighted by molar-refractivity contribution is 9.10. The number of halogens is 1. The van der Waals surface area contributed by atoms with Crippen LogP contribution in [-0.2, 0) is 13.2 Å². The molecule has 0 aliphatic heterocycles. The molecule has 3 aromatic rings. The van der Waals surface area contributed by atoms with Gasteiger partial charge in [0.15, 0.2) is 5.76 Å². The second kappa shape index (κ2) is 7.68. The van der Waals surface area contributed by atoms with Gasteiger partial charge in [0.1, 0.15) is 18.1 Å². The lowest BCUT2D eigenvalue weighted by molar-refractivity contribution is 0.0693. The molecule has 0 bridgehead atoms. The SMILES string of the molecule is O=C(c1ccc(COc2ccc(Br)cc2)o1)N(Cc1ccsc1)C1CC1. The molecule has 2 heterocycles. The Bertz CT molecular complexity index is 869. The molecule has 1 amide bonds. The van der Waals surface area contributed by atoms with E-state index in [1.54, 1.807) is 17.4 Å². The van der Waals surface area contributed by atoms with E-state index in [0.717, 1.165) is 23.1 Å². The maximum absolute atomic E-state index is 12.9. The van der Waals surface area contributed by atoms with Crippen LogP contribution in [0.4, 0.5) is 0 Å². The average molecular weight is 432 g/mol. The fourth-order valence-electron chi connectivity index (χ4n) is 2.73. The Morgan fingerprint density at radius 1 is 1.19 bits per heavy atom. The van der Waals surface area contributed by atoms with Crippen LogP contribution in [0.25, 0.3) is 0 Å². The average Bonchev–Trinajstić information content (AvgIpc) is 3.16. The summed E-state index contributed by atoms with van der Waals surface area (Å²) in [6, 6.07) is 13.5. The Morgan fingerprint density at radius 3 is 2.69 bits per heavy atom. The van der Waals surface area contributed by atoms with Gasteiger partial charge in [-0.25, -0.2) is 0 Å². The molecule has 0 unspecified atom stereocenters. The van der Waals surface area contributed by atoms with Crippen molar-refractivity contribution in [3.8, 4) is 5.75 Å². The lowest BCUT2D eigenvalue weighted by Crippen LogP contribution is -2.32. The van der Waals surface area contributed by atoms with Crippen LogP contribution >= 0.6 is 27.3 Å². The smallest absolute Gasteiger partial charge is 0.290 e. The van der Waals surface area contributed by atoms with Crippen LogP contribution in [0, 0.1) is 0 Å². The largest absolute Gasteiger partial charge is 0.486 e.